The van der Waals surface area contributed by atoms with Crippen LogP contribution in [-0.2, 0) is 0 Å². The molecule has 26 heavy (non-hydrogen) atoms. The number of aromatic nitrogens is 2. The summed E-state index contributed by atoms with van der Waals surface area (Å²) in [5, 5.41) is 21.7. The normalized spacial score (nSPS) is 12.5. The SMILES string of the molecule is COc1cc2cc3c(Nc4cccc(C(C)O)c4)[nH][nH]c-3c2cc1OC. The molecule has 1 unspecified atom stereocenters. The van der Waals surface area contributed by atoms with Crippen molar-refractivity contribution in [1.29, 1.82) is 0 Å². The number of nitrogens with one attached hydrogen (secondary N) is 3. The van der Waals surface area contributed by atoms with E-state index in [4.69, 9.17) is 9.47 Å². The maximum Gasteiger partial charge on any atom is 0.161 e. The third-order valence-corrected chi connectivity index (χ3v) is 4.61. The lowest BCUT2D eigenvalue weighted by molar-refractivity contribution is 0.199. The van der Waals surface area contributed by atoms with E-state index < -0.39 is 6.10 Å². The summed E-state index contributed by atoms with van der Waals surface area (Å²) in [5.41, 5.74) is 3.80. The van der Waals surface area contributed by atoms with Crippen molar-refractivity contribution >= 4 is 22.3 Å². The van der Waals surface area contributed by atoms with E-state index in [0.717, 1.165) is 39.1 Å². The number of hydrogen-bond donors (Lipinski definition) is 4. The molecule has 2 aromatic carbocycles. The molecule has 6 heteroatoms. The average molecular weight is 351 g/mol. The molecule has 4 rings (SSSR count). The van der Waals surface area contributed by atoms with Gasteiger partial charge in [0.2, 0.25) is 0 Å². The number of aliphatic hydroxyl groups excluding tert-OH is 1. The van der Waals surface area contributed by atoms with Gasteiger partial charge >= 0.3 is 0 Å². The number of methoxy groups -OCH3 is 2. The third-order valence-electron chi connectivity index (χ3n) is 4.61. The molecule has 1 aliphatic carbocycles. The minimum Gasteiger partial charge on any atom is -0.493 e. The van der Waals surface area contributed by atoms with Gasteiger partial charge in [0.25, 0.3) is 0 Å². The third kappa shape index (κ3) is 2.64. The lowest BCUT2D eigenvalue weighted by atomic mass is 10.1. The minimum atomic E-state index is -0.506. The maximum absolute atomic E-state index is 9.77. The fourth-order valence-corrected chi connectivity index (χ4v) is 3.25. The Morgan fingerprint density at radius 1 is 1.00 bits per heavy atom. The molecule has 6 nitrogen and oxygen atoms in total. The van der Waals surface area contributed by atoms with E-state index in [1.165, 1.54) is 0 Å². The number of benzene rings is 2. The number of ether oxygens (including phenoxy) is 2. The summed E-state index contributed by atoms with van der Waals surface area (Å²) in [6.07, 6.45) is -0.506. The maximum atomic E-state index is 9.77. The zero-order chi connectivity index (χ0) is 18.3. The summed E-state index contributed by atoms with van der Waals surface area (Å²) in [4.78, 5) is 0. The number of aromatic amines is 2. The van der Waals surface area contributed by atoms with Gasteiger partial charge in [0.1, 0.15) is 5.82 Å². The summed E-state index contributed by atoms with van der Waals surface area (Å²) >= 11 is 0. The van der Waals surface area contributed by atoms with Crippen LogP contribution in [-0.4, -0.2) is 29.5 Å². The summed E-state index contributed by atoms with van der Waals surface area (Å²) in [7, 11) is 3.27. The molecule has 1 atom stereocenters. The van der Waals surface area contributed by atoms with Crippen molar-refractivity contribution in [3.63, 3.8) is 0 Å². The van der Waals surface area contributed by atoms with Crippen LogP contribution in [0.5, 0.6) is 11.5 Å². The van der Waals surface area contributed by atoms with E-state index in [1.54, 1.807) is 21.1 Å². The number of anilines is 2. The Hall–Kier alpha value is -3.12. The average Bonchev–Trinajstić information content (AvgIpc) is 3.20. The van der Waals surface area contributed by atoms with Crippen LogP contribution in [0.15, 0.2) is 42.5 Å². The van der Waals surface area contributed by atoms with Crippen LogP contribution in [0.4, 0.5) is 11.5 Å². The molecule has 4 N–H and O–H groups in total. The Balaban J connectivity index is 1.74. The summed E-state index contributed by atoms with van der Waals surface area (Å²) < 4.78 is 10.8. The Kier molecular flexibility index (Phi) is 3.97. The molecular weight excluding hydrogens is 330 g/mol. The topological polar surface area (TPSA) is 82.3 Å². The predicted molar refractivity (Wildman–Crippen MR) is 103 cm³/mol. The lowest BCUT2D eigenvalue weighted by Crippen LogP contribution is -1.95. The number of hydrogen-bond acceptors (Lipinski definition) is 4. The van der Waals surface area contributed by atoms with Gasteiger partial charge in [-0.25, -0.2) is 0 Å². The van der Waals surface area contributed by atoms with Gasteiger partial charge in [-0.05, 0) is 48.2 Å². The molecule has 0 saturated carbocycles. The highest BCUT2D eigenvalue weighted by molar-refractivity contribution is 6.05. The first-order valence-corrected chi connectivity index (χ1v) is 8.40. The molecule has 0 spiro atoms. The van der Waals surface area contributed by atoms with E-state index in [-0.39, 0.29) is 0 Å². The smallest absolute Gasteiger partial charge is 0.161 e. The lowest BCUT2D eigenvalue weighted by Gasteiger charge is -2.09. The first-order valence-electron chi connectivity index (χ1n) is 8.40. The van der Waals surface area contributed by atoms with E-state index in [2.05, 4.69) is 21.6 Å². The van der Waals surface area contributed by atoms with Gasteiger partial charge in [0, 0.05) is 16.6 Å². The Bertz CT molecular complexity index is 1030. The molecule has 0 bridgehead atoms. The zero-order valence-electron chi connectivity index (χ0n) is 14.9. The molecule has 2 aromatic rings. The van der Waals surface area contributed by atoms with Crippen molar-refractivity contribution in [3.8, 4) is 22.8 Å². The van der Waals surface area contributed by atoms with E-state index >= 15 is 0 Å². The van der Waals surface area contributed by atoms with Crippen molar-refractivity contribution in [3.05, 3.63) is 48.0 Å². The summed E-state index contributed by atoms with van der Waals surface area (Å²) in [5.74, 6) is 2.26. The molecule has 0 saturated heterocycles. The van der Waals surface area contributed by atoms with Gasteiger partial charge in [0.05, 0.1) is 26.0 Å². The van der Waals surface area contributed by atoms with Crippen LogP contribution in [0.3, 0.4) is 0 Å². The predicted octanol–water partition coefficient (Wildman–Crippen LogP) is 4.41. The molecule has 0 aromatic heterocycles. The molecule has 1 aliphatic heterocycles. The largest absolute Gasteiger partial charge is 0.493 e. The molecule has 134 valence electrons. The highest BCUT2D eigenvalue weighted by atomic mass is 16.5. The number of fused-ring (bicyclic) bond motifs is 3. The zero-order valence-corrected chi connectivity index (χ0v) is 14.9. The first-order chi connectivity index (χ1) is 12.6. The van der Waals surface area contributed by atoms with Gasteiger partial charge in [-0.1, -0.05) is 12.1 Å². The van der Waals surface area contributed by atoms with E-state index in [9.17, 15) is 5.11 Å². The van der Waals surface area contributed by atoms with Gasteiger partial charge in [-0.15, -0.1) is 0 Å². The van der Waals surface area contributed by atoms with Crippen LogP contribution < -0.4 is 14.8 Å². The molecule has 0 amide bonds. The monoisotopic (exact) mass is 351 g/mol. The second-order valence-corrected chi connectivity index (χ2v) is 6.28. The van der Waals surface area contributed by atoms with Crippen LogP contribution in [0.25, 0.3) is 22.0 Å². The summed E-state index contributed by atoms with van der Waals surface area (Å²) in [6.45, 7) is 1.75. The first kappa shape index (κ1) is 16.4. The number of rotatable bonds is 5. The van der Waals surface area contributed by atoms with Gasteiger partial charge in [0.15, 0.2) is 11.5 Å². The minimum absolute atomic E-state index is 0.506. The Morgan fingerprint density at radius 2 is 1.77 bits per heavy atom. The fourth-order valence-electron chi connectivity index (χ4n) is 3.25. The molecule has 0 radical (unpaired) electrons. The van der Waals surface area contributed by atoms with Crippen molar-refractivity contribution in [1.82, 2.24) is 10.2 Å². The van der Waals surface area contributed by atoms with Crippen molar-refractivity contribution in [2.45, 2.75) is 13.0 Å². The molecule has 1 heterocycles. The van der Waals surface area contributed by atoms with Crippen molar-refractivity contribution < 1.29 is 14.6 Å². The highest BCUT2D eigenvalue weighted by Gasteiger charge is 2.19. The van der Waals surface area contributed by atoms with Crippen LogP contribution >= 0.6 is 0 Å². The van der Waals surface area contributed by atoms with Crippen LogP contribution in [0.2, 0.25) is 0 Å². The van der Waals surface area contributed by atoms with Crippen LogP contribution in [0.1, 0.15) is 18.6 Å². The van der Waals surface area contributed by atoms with E-state index in [1.807, 2.05) is 36.4 Å². The standard InChI is InChI=1S/C20H21N3O3/c1-11(24)12-5-4-6-14(7-12)21-20-16-8-13-9-17(25-2)18(26-3)10-15(13)19(16)22-23-20/h4-11,21-24H,1-3H3. The van der Waals surface area contributed by atoms with Crippen molar-refractivity contribution in [2.75, 3.05) is 19.5 Å². The molecular formula is C20H21N3O3. The van der Waals surface area contributed by atoms with Gasteiger partial charge < -0.3 is 19.9 Å². The Labute approximate surface area is 151 Å². The van der Waals surface area contributed by atoms with Crippen LogP contribution in [0, 0.1) is 0 Å². The van der Waals surface area contributed by atoms with Gasteiger partial charge in [-0.2, -0.15) is 0 Å². The second kappa shape index (κ2) is 6.31. The summed E-state index contributed by atoms with van der Waals surface area (Å²) in [6, 6.07) is 13.8. The Morgan fingerprint density at radius 3 is 2.50 bits per heavy atom. The second-order valence-electron chi connectivity index (χ2n) is 6.28. The quantitative estimate of drug-likeness (QED) is 0.429. The number of H-pyrrole nitrogens is 2. The van der Waals surface area contributed by atoms with E-state index in [0.29, 0.717) is 11.5 Å². The van der Waals surface area contributed by atoms with Crippen molar-refractivity contribution in [2.24, 2.45) is 0 Å². The number of aliphatic hydroxyl groups is 1. The molecule has 2 aliphatic rings. The van der Waals surface area contributed by atoms with Gasteiger partial charge in [-0.3, -0.25) is 10.2 Å². The highest BCUT2D eigenvalue weighted by Crippen LogP contribution is 2.42. The fraction of sp³-hybridized carbons (Fsp3) is 0.200. The molecule has 0 fully saturated rings.